The quantitative estimate of drug-likeness (QED) is 0.815. The number of hydrogen-bond acceptors (Lipinski definition) is 2. The third-order valence-electron chi connectivity index (χ3n) is 5.47. The van der Waals surface area contributed by atoms with Crippen LogP contribution >= 0.6 is 0 Å². The van der Waals surface area contributed by atoms with Gasteiger partial charge in [-0.15, -0.1) is 0 Å². The van der Waals surface area contributed by atoms with Crippen molar-refractivity contribution in [2.75, 3.05) is 5.32 Å². The van der Waals surface area contributed by atoms with Crippen molar-refractivity contribution < 1.29 is 22.8 Å². The van der Waals surface area contributed by atoms with E-state index in [2.05, 4.69) is 10.6 Å². The second-order valence-electron chi connectivity index (χ2n) is 7.13. The minimum atomic E-state index is -4.43. The number of alkyl halides is 3. The maximum Gasteiger partial charge on any atom is 0.416 e. The Morgan fingerprint density at radius 1 is 1.08 bits per heavy atom. The fourth-order valence-electron chi connectivity index (χ4n) is 4.22. The first kappa shape index (κ1) is 17.8. The zero-order valence-corrected chi connectivity index (χ0v) is 13.9. The fourth-order valence-corrected chi connectivity index (χ4v) is 4.22. The third-order valence-corrected chi connectivity index (χ3v) is 5.47. The average molecular weight is 354 g/mol. The molecule has 4 nitrogen and oxygen atoms in total. The van der Waals surface area contributed by atoms with Crippen LogP contribution in [0, 0.1) is 17.8 Å². The monoisotopic (exact) mass is 354 g/mol. The van der Waals surface area contributed by atoms with Crippen LogP contribution in [0.4, 0.5) is 18.9 Å². The number of fused-ring (bicyclic) bond motifs is 2. The summed E-state index contributed by atoms with van der Waals surface area (Å²) in [5, 5.41) is 5.06. The molecule has 25 heavy (non-hydrogen) atoms. The Labute approximate surface area is 144 Å². The molecule has 0 saturated heterocycles. The highest BCUT2D eigenvalue weighted by Crippen LogP contribution is 2.49. The van der Waals surface area contributed by atoms with Gasteiger partial charge in [0.15, 0.2) is 0 Å². The second-order valence-corrected chi connectivity index (χ2v) is 7.13. The number of rotatable bonds is 3. The molecule has 0 heterocycles. The summed E-state index contributed by atoms with van der Waals surface area (Å²) in [5.74, 6) is 0.153. The Kier molecular flexibility index (Phi) is 4.75. The Hall–Kier alpha value is -2.05. The summed E-state index contributed by atoms with van der Waals surface area (Å²) < 4.78 is 37.5. The van der Waals surface area contributed by atoms with Crippen LogP contribution in [-0.4, -0.2) is 17.9 Å². The predicted molar refractivity (Wildman–Crippen MR) is 86.6 cm³/mol. The summed E-state index contributed by atoms with van der Waals surface area (Å²) in [6.07, 6.45) is 0.314. The molecule has 3 rings (SSSR count). The van der Waals surface area contributed by atoms with E-state index in [0.717, 1.165) is 36.6 Å². The summed E-state index contributed by atoms with van der Waals surface area (Å²) in [5.41, 5.74) is -0.652. The van der Waals surface area contributed by atoms with E-state index in [-0.39, 0.29) is 11.7 Å². The van der Waals surface area contributed by atoms with Crippen molar-refractivity contribution in [2.45, 2.75) is 44.8 Å². The minimum Gasteiger partial charge on any atom is -0.345 e. The molecule has 136 valence electrons. The summed E-state index contributed by atoms with van der Waals surface area (Å²) in [6, 6.07) is 3.92. The first-order valence-corrected chi connectivity index (χ1v) is 8.53. The van der Waals surface area contributed by atoms with E-state index in [1.807, 2.05) is 6.92 Å². The molecule has 4 atom stereocenters. The summed E-state index contributed by atoms with van der Waals surface area (Å²) >= 11 is 0. The molecule has 2 fully saturated rings. The van der Waals surface area contributed by atoms with Crippen LogP contribution in [0.1, 0.15) is 38.2 Å². The zero-order chi connectivity index (χ0) is 18.2. The SMILES string of the molecule is CC(NC(=O)C(=O)Nc1ccc(C(F)(F)F)cc1)C1CC2CCC1C2. The van der Waals surface area contributed by atoms with Crippen LogP contribution in [0.25, 0.3) is 0 Å². The standard InChI is InChI=1S/C18H21F3N2O2/c1-10(15-9-11-2-3-12(15)8-11)22-16(24)17(25)23-14-6-4-13(5-7-14)18(19,20)21/h4-7,10-12,15H,2-3,8-9H2,1H3,(H,22,24)(H,23,25). The van der Waals surface area contributed by atoms with Crippen LogP contribution < -0.4 is 10.6 Å². The first-order valence-electron chi connectivity index (χ1n) is 8.53. The normalized spacial score (nSPS) is 26.3. The van der Waals surface area contributed by atoms with Crippen molar-refractivity contribution in [3.05, 3.63) is 29.8 Å². The van der Waals surface area contributed by atoms with Crippen LogP contribution in [0.3, 0.4) is 0 Å². The van der Waals surface area contributed by atoms with Gasteiger partial charge in [-0.1, -0.05) is 6.42 Å². The first-order chi connectivity index (χ1) is 11.7. The van der Waals surface area contributed by atoms with Gasteiger partial charge >= 0.3 is 18.0 Å². The smallest absolute Gasteiger partial charge is 0.345 e. The number of amides is 2. The molecule has 2 aliphatic carbocycles. The van der Waals surface area contributed by atoms with Crippen molar-refractivity contribution in [2.24, 2.45) is 17.8 Å². The predicted octanol–water partition coefficient (Wildman–Crippen LogP) is 3.58. The van der Waals surface area contributed by atoms with Crippen LogP contribution in [0.15, 0.2) is 24.3 Å². The van der Waals surface area contributed by atoms with Crippen molar-refractivity contribution in [3.63, 3.8) is 0 Å². The highest BCUT2D eigenvalue weighted by atomic mass is 19.4. The van der Waals surface area contributed by atoms with Gasteiger partial charge in [0.2, 0.25) is 0 Å². The largest absolute Gasteiger partial charge is 0.416 e. The summed E-state index contributed by atoms with van der Waals surface area (Å²) in [4.78, 5) is 24.0. The lowest BCUT2D eigenvalue weighted by Crippen LogP contribution is -2.45. The van der Waals surface area contributed by atoms with Gasteiger partial charge in [0.1, 0.15) is 0 Å². The molecule has 0 spiro atoms. The maximum absolute atomic E-state index is 12.5. The zero-order valence-electron chi connectivity index (χ0n) is 13.9. The number of anilines is 1. The average Bonchev–Trinajstić information content (AvgIpc) is 3.17. The van der Waals surface area contributed by atoms with Gasteiger partial charge < -0.3 is 10.6 Å². The molecular weight excluding hydrogens is 333 g/mol. The van der Waals surface area contributed by atoms with E-state index >= 15 is 0 Å². The molecule has 2 saturated carbocycles. The molecule has 2 aliphatic rings. The second kappa shape index (κ2) is 6.69. The van der Waals surface area contributed by atoms with E-state index < -0.39 is 23.6 Å². The molecule has 0 aliphatic heterocycles. The molecular formula is C18H21F3N2O2. The number of nitrogens with one attached hydrogen (secondary N) is 2. The highest BCUT2D eigenvalue weighted by molar-refractivity contribution is 6.39. The van der Waals surface area contributed by atoms with Crippen LogP contribution in [0.2, 0.25) is 0 Å². The Morgan fingerprint density at radius 2 is 1.76 bits per heavy atom. The Bertz CT molecular complexity index is 657. The van der Waals surface area contributed by atoms with E-state index in [1.165, 1.54) is 19.3 Å². The molecule has 1 aromatic rings. The Balaban J connectivity index is 1.53. The lowest BCUT2D eigenvalue weighted by molar-refractivity contribution is -0.137. The molecule has 0 radical (unpaired) electrons. The molecule has 0 aromatic heterocycles. The Morgan fingerprint density at radius 3 is 2.28 bits per heavy atom. The summed E-state index contributed by atoms with van der Waals surface area (Å²) in [6.45, 7) is 1.91. The van der Waals surface area contributed by atoms with E-state index in [9.17, 15) is 22.8 Å². The summed E-state index contributed by atoms with van der Waals surface area (Å²) in [7, 11) is 0. The van der Waals surface area contributed by atoms with Gasteiger partial charge in [0.05, 0.1) is 5.56 Å². The number of carbonyl (C=O) groups excluding carboxylic acids is 2. The number of hydrogen-bond donors (Lipinski definition) is 2. The van der Waals surface area contributed by atoms with Gasteiger partial charge in [0, 0.05) is 11.7 Å². The number of benzene rings is 1. The maximum atomic E-state index is 12.5. The van der Waals surface area contributed by atoms with Crippen LogP contribution in [0.5, 0.6) is 0 Å². The van der Waals surface area contributed by atoms with Gasteiger partial charge in [-0.25, -0.2) is 0 Å². The van der Waals surface area contributed by atoms with E-state index in [1.54, 1.807) is 0 Å². The van der Waals surface area contributed by atoms with Crippen molar-refractivity contribution in [3.8, 4) is 0 Å². The van der Waals surface area contributed by atoms with Gasteiger partial charge in [-0.05, 0) is 68.2 Å². The van der Waals surface area contributed by atoms with Crippen molar-refractivity contribution >= 4 is 17.5 Å². The molecule has 2 bridgehead atoms. The molecule has 2 N–H and O–H groups in total. The molecule has 7 heteroatoms. The van der Waals surface area contributed by atoms with Crippen molar-refractivity contribution in [1.29, 1.82) is 0 Å². The van der Waals surface area contributed by atoms with Gasteiger partial charge in [0.25, 0.3) is 0 Å². The van der Waals surface area contributed by atoms with E-state index in [4.69, 9.17) is 0 Å². The van der Waals surface area contributed by atoms with Crippen LogP contribution in [-0.2, 0) is 15.8 Å². The molecule has 1 aromatic carbocycles. The number of halogens is 3. The fraction of sp³-hybridized carbons (Fsp3) is 0.556. The van der Waals surface area contributed by atoms with Gasteiger partial charge in [-0.2, -0.15) is 13.2 Å². The molecule has 2 amide bonds. The lowest BCUT2D eigenvalue weighted by atomic mass is 9.84. The molecule has 4 unspecified atom stereocenters. The minimum absolute atomic E-state index is 0.0823. The highest BCUT2D eigenvalue weighted by Gasteiger charge is 2.42. The van der Waals surface area contributed by atoms with Gasteiger partial charge in [-0.3, -0.25) is 9.59 Å². The number of carbonyl (C=O) groups is 2. The third kappa shape index (κ3) is 3.96. The van der Waals surface area contributed by atoms with Crippen molar-refractivity contribution in [1.82, 2.24) is 5.32 Å². The lowest BCUT2D eigenvalue weighted by Gasteiger charge is -2.28. The van der Waals surface area contributed by atoms with E-state index in [0.29, 0.717) is 11.8 Å². The topological polar surface area (TPSA) is 58.2 Å².